The van der Waals surface area contributed by atoms with Gasteiger partial charge < -0.3 is 19.5 Å². The molecule has 2 heterocycles. The van der Waals surface area contributed by atoms with Crippen LogP contribution in [0.5, 0.6) is 0 Å². The van der Waals surface area contributed by atoms with Crippen molar-refractivity contribution in [1.29, 1.82) is 0 Å². The molecular formula is C14H21N3O4. The van der Waals surface area contributed by atoms with Gasteiger partial charge >= 0.3 is 0 Å². The maximum Gasteiger partial charge on any atom is 0.274 e. The second kappa shape index (κ2) is 7.21. The first kappa shape index (κ1) is 15.5. The molecule has 1 N–H and O–H groups in total. The van der Waals surface area contributed by atoms with Crippen LogP contribution in [0.15, 0.2) is 10.6 Å². The SMILES string of the molecule is CCCc1cc(C(=O)NC(C)C(=O)N2CCOCC2)no1. The van der Waals surface area contributed by atoms with E-state index in [0.717, 1.165) is 12.8 Å². The summed E-state index contributed by atoms with van der Waals surface area (Å²) in [5.74, 6) is 0.175. The van der Waals surface area contributed by atoms with Crippen molar-refractivity contribution in [2.45, 2.75) is 32.7 Å². The normalized spacial score (nSPS) is 16.6. The number of ether oxygens (including phenoxy) is 1. The van der Waals surface area contributed by atoms with E-state index < -0.39 is 11.9 Å². The van der Waals surface area contributed by atoms with Gasteiger partial charge in [-0.05, 0) is 13.3 Å². The van der Waals surface area contributed by atoms with Gasteiger partial charge in [0.1, 0.15) is 11.8 Å². The van der Waals surface area contributed by atoms with Crippen LogP contribution in [-0.2, 0) is 16.0 Å². The minimum absolute atomic E-state index is 0.107. The average Bonchev–Trinajstić information content (AvgIpc) is 2.96. The summed E-state index contributed by atoms with van der Waals surface area (Å²) in [4.78, 5) is 25.9. The smallest absolute Gasteiger partial charge is 0.274 e. The number of rotatable bonds is 5. The minimum atomic E-state index is -0.595. The van der Waals surface area contributed by atoms with Crippen LogP contribution in [0.3, 0.4) is 0 Å². The van der Waals surface area contributed by atoms with Crippen LogP contribution in [0.4, 0.5) is 0 Å². The molecule has 7 heteroatoms. The van der Waals surface area contributed by atoms with Gasteiger partial charge in [0.15, 0.2) is 5.69 Å². The molecule has 7 nitrogen and oxygen atoms in total. The van der Waals surface area contributed by atoms with E-state index in [2.05, 4.69) is 10.5 Å². The van der Waals surface area contributed by atoms with E-state index in [9.17, 15) is 9.59 Å². The number of nitrogens with one attached hydrogen (secondary N) is 1. The fourth-order valence-electron chi connectivity index (χ4n) is 2.17. The van der Waals surface area contributed by atoms with Crippen LogP contribution in [0.25, 0.3) is 0 Å². The number of aromatic nitrogens is 1. The molecule has 1 aliphatic rings. The van der Waals surface area contributed by atoms with Crippen molar-refractivity contribution in [3.8, 4) is 0 Å². The van der Waals surface area contributed by atoms with Gasteiger partial charge in [-0.2, -0.15) is 0 Å². The molecule has 1 fully saturated rings. The van der Waals surface area contributed by atoms with Crippen LogP contribution in [0, 0.1) is 0 Å². The first-order chi connectivity index (χ1) is 10.1. The summed E-state index contributed by atoms with van der Waals surface area (Å²) in [5, 5.41) is 6.38. The summed E-state index contributed by atoms with van der Waals surface area (Å²) < 4.78 is 10.3. The topological polar surface area (TPSA) is 84.7 Å². The molecule has 1 aromatic heterocycles. The Morgan fingerprint density at radius 2 is 2.14 bits per heavy atom. The standard InChI is InChI=1S/C14H21N3O4/c1-3-4-11-9-12(16-21-11)13(18)15-10(2)14(19)17-5-7-20-8-6-17/h9-10H,3-8H2,1-2H3,(H,15,18). The molecule has 0 aliphatic carbocycles. The van der Waals surface area contributed by atoms with E-state index in [1.807, 2.05) is 6.92 Å². The van der Waals surface area contributed by atoms with Crippen molar-refractivity contribution in [2.75, 3.05) is 26.3 Å². The first-order valence-corrected chi connectivity index (χ1v) is 7.24. The number of nitrogens with zero attached hydrogens (tertiary/aromatic N) is 2. The maximum atomic E-state index is 12.2. The molecular weight excluding hydrogens is 274 g/mol. The number of carbonyl (C=O) groups is 2. The summed E-state index contributed by atoms with van der Waals surface area (Å²) in [6, 6.07) is 1.02. The summed E-state index contributed by atoms with van der Waals surface area (Å²) >= 11 is 0. The molecule has 1 saturated heterocycles. The van der Waals surface area contributed by atoms with Gasteiger partial charge in [0.05, 0.1) is 13.2 Å². The molecule has 1 atom stereocenters. The lowest BCUT2D eigenvalue weighted by Gasteiger charge is -2.29. The monoisotopic (exact) mass is 295 g/mol. The van der Waals surface area contributed by atoms with Crippen molar-refractivity contribution in [3.05, 3.63) is 17.5 Å². The lowest BCUT2D eigenvalue weighted by Crippen LogP contribution is -2.50. The second-order valence-corrected chi connectivity index (χ2v) is 5.06. The second-order valence-electron chi connectivity index (χ2n) is 5.06. The highest BCUT2D eigenvalue weighted by Gasteiger charge is 2.24. The van der Waals surface area contributed by atoms with Crippen LogP contribution in [-0.4, -0.2) is 54.2 Å². The largest absolute Gasteiger partial charge is 0.378 e. The van der Waals surface area contributed by atoms with Crippen LogP contribution in [0.1, 0.15) is 36.5 Å². The van der Waals surface area contributed by atoms with Crippen molar-refractivity contribution in [2.24, 2.45) is 0 Å². The molecule has 0 bridgehead atoms. The number of amides is 2. The van der Waals surface area contributed by atoms with Gasteiger partial charge in [0.25, 0.3) is 5.91 Å². The predicted octanol–water partition coefficient (Wildman–Crippen LogP) is 0.604. The summed E-state index contributed by atoms with van der Waals surface area (Å²) in [5.41, 5.74) is 0.208. The van der Waals surface area contributed by atoms with E-state index >= 15 is 0 Å². The Morgan fingerprint density at radius 3 is 2.81 bits per heavy atom. The van der Waals surface area contributed by atoms with Gasteiger partial charge in [0.2, 0.25) is 5.91 Å². The predicted molar refractivity (Wildman–Crippen MR) is 74.8 cm³/mol. The number of hydrogen-bond acceptors (Lipinski definition) is 5. The fraction of sp³-hybridized carbons (Fsp3) is 0.643. The number of aryl methyl sites for hydroxylation is 1. The summed E-state index contributed by atoms with van der Waals surface area (Å²) in [6.07, 6.45) is 1.66. The highest BCUT2D eigenvalue weighted by atomic mass is 16.5. The van der Waals surface area contributed by atoms with Crippen LogP contribution < -0.4 is 5.32 Å². The molecule has 0 saturated carbocycles. The zero-order valence-corrected chi connectivity index (χ0v) is 12.4. The van der Waals surface area contributed by atoms with Crippen molar-refractivity contribution in [1.82, 2.24) is 15.4 Å². The van der Waals surface area contributed by atoms with Gasteiger partial charge in [-0.15, -0.1) is 0 Å². The Balaban J connectivity index is 1.89. The maximum absolute atomic E-state index is 12.2. The molecule has 0 radical (unpaired) electrons. The molecule has 2 amide bonds. The third kappa shape index (κ3) is 4.04. The average molecular weight is 295 g/mol. The molecule has 116 valence electrons. The quantitative estimate of drug-likeness (QED) is 0.860. The Bertz CT molecular complexity index is 494. The lowest BCUT2D eigenvalue weighted by atomic mass is 10.2. The van der Waals surface area contributed by atoms with Gasteiger partial charge in [-0.25, -0.2) is 0 Å². The Labute approximate surface area is 123 Å². The van der Waals surface area contributed by atoms with E-state index in [-0.39, 0.29) is 11.6 Å². The number of morpholine rings is 1. The molecule has 1 unspecified atom stereocenters. The van der Waals surface area contributed by atoms with E-state index in [1.165, 1.54) is 0 Å². The Hall–Kier alpha value is -1.89. The summed E-state index contributed by atoms with van der Waals surface area (Å²) in [6.45, 7) is 5.88. The minimum Gasteiger partial charge on any atom is -0.378 e. The fourth-order valence-corrected chi connectivity index (χ4v) is 2.17. The lowest BCUT2D eigenvalue weighted by molar-refractivity contribution is -0.136. The van der Waals surface area contributed by atoms with E-state index in [0.29, 0.717) is 32.1 Å². The molecule has 1 aromatic rings. The van der Waals surface area contributed by atoms with E-state index in [4.69, 9.17) is 9.26 Å². The molecule has 0 spiro atoms. The molecule has 21 heavy (non-hydrogen) atoms. The zero-order valence-electron chi connectivity index (χ0n) is 12.4. The Kier molecular flexibility index (Phi) is 5.32. The third-order valence-electron chi connectivity index (χ3n) is 3.33. The van der Waals surface area contributed by atoms with Gasteiger partial charge in [-0.3, -0.25) is 9.59 Å². The highest BCUT2D eigenvalue weighted by Crippen LogP contribution is 2.07. The third-order valence-corrected chi connectivity index (χ3v) is 3.33. The molecule has 2 rings (SSSR count). The van der Waals surface area contributed by atoms with Gasteiger partial charge in [0, 0.05) is 25.6 Å². The first-order valence-electron chi connectivity index (χ1n) is 7.24. The molecule has 0 aromatic carbocycles. The number of carbonyl (C=O) groups excluding carboxylic acids is 2. The van der Waals surface area contributed by atoms with Gasteiger partial charge in [-0.1, -0.05) is 12.1 Å². The summed E-state index contributed by atoms with van der Waals surface area (Å²) in [7, 11) is 0. The Morgan fingerprint density at radius 1 is 1.43 bits per heavy atom. The van der Waals surface area contributed by atoms with E-state index in [1.54, 1.807) is 17.9 Å². The van der Waals surface area contributed by atoms with Crippen molar-refractivity contribution < 1.29 is 18.8 Å². The molecule has 1 aliphatic heterocycles. The van der Waals surface area contributed by atoms with Crippen molar-refractivity contribution >= 4 is 11.8 Å². The highest BCUT2D eigenvalue weighted by molar-refractivity contribution is 5.95. The number of hydrogen-bond donors (Lipinski definition) is 1. The van der Waals surface area contributed by atoms with Crippen LogP contribution >= 0.6 is 0 Å². The van der Waals surface area contributed by atoms with Crippen LogP contribution in [0.2, 0.25) is 0 Å². The van der Waals surface area contributed by atoms with Crippen molar-refractivity contribution in [3.63, 3.8) is 0 Å². The zero-order chi connectivity index (χ0) is 15.2.